The zero-order valence-electron chi connectivity index (χ0n) is 17.6. The molecule has 0 bridgehead atoms. The minimum absolute atomic E-state index is 0.0617. The van der Waals surface area contributed by atoms with Crippen molar-refractivity contribution in [3.63, 3.8) is 0 Å². The van der Waals surface area contributed by atoms with E-state index in [9.17, 15) is 13.2 Å². The van der Waals surface area contributed by atoms with Crippen molar-refractivity contribution in [1.82, 2.24) is 4.31 Å². The second kappa shape index (κ2) is 9.62. The zero-order valence-corrected chi connectivity index (χ0v) is 20.0. The number of sulfonamides is 1. The third-order valence-corrected chi connectivity index (χ3v) is 8.71. The number of carbonyl (C=O) groups is 1. The van der Waals surface area contributed by atoms with Crippen LogP contribution in [0.2, 0.25) is 5.02 Å². The molecule has 168 valence electrons. The van der Waals surface area contributed by atoms with Crippen LogP contribution in [-0.4, -0.2) is 44.8 Å². The summed E-state index contributed by atoms with van der Waals surface area (Å²) in [6.45, 7) is 3.87. The van der Waals surface area contributed by atoms with Gasteiger partial charge in [-0.1, -0.05) is 30.7 Å². The second-order valence-electron chi connectivity index (χ2n) is 7.49. The van der Waals surface area contributed by atoms with Crippen LogP contribution in [-0.2, 0) is 16.4 Å². The Balaban J connectivity index is 1.47. The fourth-order valence-electron chi connectivity index (χ4n) is 3.70. The van der Waals surface area contributed by atoms with Gasteiger partial charge in [-0.05, 0) is 59.8 Å². The number of carbonyl (C=O) groups excluding carboxylic acids is 1. The molecule has 0 aliphatic carbocycles. The average Bonchev–Trinajstić information content (AvgIpc) is 3.31. The van der Waals surface area contributed by atoms with Crippen LogP contribution in [0.25, 0.3) is 0 Å². The van der Waals surface area contributed by atoms with Gasteiger partial charge in [0, 0.05) is 42.6 Å². The van der Waals surface area contributed by atoms with Crippen molar-refractivity contribution in [1.29, 1.82) is 0 Å². The number of benzene rings is 2. The molecule has 32 heavy (non-hydrogen) atoms. The summed E-state index contributed by atoms with van der Waals surface area (Å²) in [5.74, 6) is -0.411. The van der Waals surface area contributed by atoms with Crippen molar-refractivity contribution < 1.29 is 13.2 Å². The van der Waals surface area contributed by atoms with Crippen molar-refractivity contribution in [2.75, 3.05) is 36.4 Å². The van der Waals surface area contributed by atoms with Gasteiger partial charge in [0.15, 0.2) is 0 Å². The number of amides is 1. The van der Waals surface area contributed by atoms with Gasteiger partial charge in [-0.25, -0.2) is 8.42 Å². The summed E-state index contributed by atoms with van der Waals surface area (Å²) in [7, 11) is -3.78. The number of anilines is 2. The molecule has 0 unspecified atom stereocenters. The fourth-order valence-corrected chi connectivity index (χ4v) is 6.54. The van der Waals surface area contributed by atoms with Crippen LogP contribution in [0.15, 0.2) is 64.9 Å². The summed E-state index contributed by atoms with van der Waals surface area (Å²) in [6.07, 6.45) is 0.852. The van der Waals surface area contributed by atoms with Gasteiger partial charge >= 0.3 is 0 Å². The van der Waals surface area contributed by atoms with Crippen molar-refractivity contribution in [3.8, 4) is 0 Å². The van der Waals surface area contributed by atoms with Crippen LogP contribution >= 0.6 is 22.9 Å². The number of nitrogens with zero attached hydrogens (tertiary/aromatic N) is 2. The summed E-state index contributed by atoms with van der Waals surface area (Å²) >= 11 is 7.10. The highest BCUT2D eigenvalue weighted by Crippen LogP contribution is 2.28. The number of piperazine rings is 1. The summed E-state index contributed by atoms with van der Waals surface area (Å²) in [5, 5.41) is 5.15. The molecule has 0 saturated carbocycles. The van der Waals surface area contributed by atoms with E-state index >= 15 is 0 Å². The number of rotatable bonds is 6. The van der Waals surface area contributed by atoms with E-state index in [0.717, 1.165) is 29.0 Å². The Hall–Kier alpha value is -2.39. The lowest BCUT2D eigenvalue weighted by atomic mass is 10.1. The number of hydrogen-bond donors (Lipinski definition) is 1. The highest BCUT2D eigenvalue weighted by Gasteiger charge is 2.32. The average molecular weight is 490 g/mol. The molecule has 0 spiro atoms. The summed E-state index contributed by atoms with van der Waals surface area (Å²) in [6, 6.07) is 16.6. The number of halogens is 1. The van der Waals surface area contributed by atoms with E-state index < -0.39 is 15.9 Å². The molecular weight excluding hydrogens is 466 g/mol. The van der Waals surface area contributed by atoms with E-state index in [0.29, 0.717) is 36.9 Å². The molecule has 0 atom stereocenters. The van der Waals surface area contributed by atoms with Crippen molar-refractivity contribution in [2.24, 2.45) is 0 Å². The van der Waals surface area contributed by atoms with E-state index in [-0.39, 0.29) is 9.77 Å². The first-order valence-corrected chi connectivity index (χ1v) is 13.1. The number of hydrogen-bond acceptors (Lipinski definition) is 5. The predicted octanol–water partition coefficient (Wildman–Crippen LogP) is 4.73. The molecule has 6 nitrogen and oxygen atoms in total. The maximum atomic E-state index is 13.3. The quantitative estimate of drug-likeness (QED) is 0.543. The Morgan fingerprint density at radius 1 is 1.06 bits per heavy atom. The van der Waals surface area contributed by atoms with Crippen LogP contribution in [0.3, 0.4) is 0 Å². The summed E-state index contributed by atoms with van der Waals surface area (Å²) in [4.78, 5) is 15.3. The van der Waals surface area contributed by atoms with Gasteiger partial charge in [-0.15, -0.1) is 11.3 Å². The molecule has 9 heteroatoms. The van der Waals surface area contributed by atoms with Gasteiger partial charge < -0.3 is 10.2 Å². The Bertz CT molecular complexity index is 1200. The normalized spacial score (nSPS) is 15.0. The SMILES string of the molecule is CCc1cccc(NC(=O)c2sccc2S(=O)(=O)N2CCN(c3ccc(Cl)cc3)CC2)c1. The molecule has 1 amide bonds. The fraction of sp³-hybridized carbons (Fsp3) is 0.261. The van der Waals surface area contributed by atoms with Gasteiger partial charge in [0.2, 0.25) is 10.0 Å². The highest BCUT2D eigenvalue weighted by molar-refractivity contribution is 7.89. The second-order valence-corrected chi connectivity index (χ2v) is 10.7. The maximum Gasteiger partial charge on any atom is 0.267 e. The smallest absolute Gasteiger partial charge is 0.267 e. The summed E-state index contributed by atoms with van der Waals surface area (Å²) in [5.41, 5.74) is 2.76. The lowest BCUT2D eigenvalue weighted by Gasteiger charge is -2.35. The lowest BCUT2D eigenvalue weighted by molar-refractivity contribution is 0.102. The summed E-state index contributed by atoms with van der Waals surface area (Å²) < 4.78 is 28.1. The molecule has 3 aromatic rings. The number of nitrogens with one attached hydrogen (secondary N) is 1. The Morgan fingerprint density at radius 3 is 2.47 bits per heavy atom. The Morgan fingerprint density at radius 2 is 1.78 bits per heavy atom. The molecule has 1 aromatic heterocycles. The Kier molecular flexibility index (Phi) is 6.85. The molecule has 2 aromatic carbocycles. The third kappa shape index (κ3) is 4.83. The van der Waals surface area contributed by atoms with E-state index in [1.807, 2.05) is 49.4 Å². The molecule has 1 aliphatic heterocycles. The predicted molar refractivity (Wildman–Crippen MR) is 131 cm³/mol. The van der Waals surface area contributed by atoms with Gasteiger partial charge in [0.05, 0.1) is 0 Å². The van der Waals surface area contributed by atoms with Crippen LogP contribution in [0.1, 0.15) is 22.2 Å². The monoisotopic (exact) mass is 489 g/mol. The van der Waals surface area contributed by atoms with Gasteiger partial charge in [0.1, 0.15) is 9.77 Å². The first kappa shape index (κ1) is 22.8. The molecule has 1 N–H and O–H groups in total. The molecule has 1 fully saturated rings. The van der Waals surface area contributed by atoms with Crippen LogP contribution in [0.4, 0.5) is 11.4 Å². The zero-order chi connectivity index (χ0) is 22.7. The molecular formula is C23H24ClN3O3S2. The lowest BCUT2D eigenvalue weighted by Crippen LogP contribution is -2.48. The van der Waals surface area contributed by atoms with E-state index in [4.69, 9.17) is 11.6 Å². The number of aryl methyl sites for hydroxylation is 1. The minimum Gasteiger partial charge on any atom is -0.369 e. The van der Waals surface area contributed by atoms with E-state index in [1.165, 1.54) is 10.4 Å². The molecule has 1 saturated heterocycles. The molecule has 4 rings (SSSR count). The van der Waals surface area contributed by atoms with Crippen LogP contribution in [0, 0.1) is 0 Å². The van der Waals surface area contributed by atoms with E-state index in [2.05, 4.69) is 10.2 Å². The van der Waals surface area contributed by atoms with Crippen LogP contribution < -0.4 is 10.2 Å². The first-order chi connectivity index (χ1) is 15.4. The standard InChI is InChI=1S/C23H24ClN3O3S2/c1-2-17-4-3-5-19(16-17)25-23(28)22-21(10-15-31-22)32(29,30)27-13-11-26(12-14-27)20-8-6-18(24)7-9-20/h3-10,15-16H,2,11-14H2,1H3,(H,25,28). The van der Waals surface area contributed by atoms with Gasteiger partial charge in [-0.3, -0.25) is 4.79 Å². The van der Waals surface area contributed by atoms with Crippen molar-refractivity contribution in [2.45, 2.75) is 18.2 Å². The largest absolute Gasteiger partial charge is 0.369 e. The number of thiophene rings is 1. The third-order valence-electron chi connectivity index (χ3n) is 5.48. The van der Waals surface area contributed by atoms with E-state index in [1.54, 1.807) is 11.4 Å². The molecule has 0 radical (unpaired) electrons. The molecule has 2 heterocycles. The minimum atomic E-state index is -3.78. The van der Waals surface area contributed by atoms with Gasteiger partial charge in [0.25, 0.3) is 5.91 Å². The maximum absolute atomic E-state index is 13.3. The van der Waals surface area contributed by atoms with Crippen LogP contribution in [0.5, 0.6) is 0 Å². The topological polar surface area (TPSA) is 69.7 Å². The van der Waals surface area contributed by atoms with Crippen molar-refractivity contribution >= 4 is 50.2 Å². The molecule has 1 aliphatic rings. The Labute approximate surface area is 197 Å². The van der Waals surface area contributed by atoms with Crippen molar-refractivity contribution in [3.05, 3.63) is 75.4 Å². The van der Waals surface area contributed by atoms with Gasteiger partial charge in [-0.2, -0.15) is 4.31 Å². The first-order valence-electron chi connectivity index (χ1n) is 10.4. The highest BCUT2D eigenvalue weighted by atomic mass is 35.5.